The molecule has 0 N–H and O–H groups in total. The van der Waals surface area contributed by atoms with Gasteiger partial charge in [0.25, 0.3) is 0 Å². The van der Waals surface area contributed by atoms with Crippen molar-refractivity contribution in [1.29, 1.82) is 0 Å². The van der Waals surface area contributed by atoms with Crippen molar-refractivity contribution in [3.8, 4) is 39.1 Å². The Labute approximate surface area is 226 Å². The van der Waals surface area contributed by atoms with Crippen molar-refractivity contribution in [2.24, 2.45) is 0 Å². The van der Waals surface area contributed by atoms with Gasteiger partial charge in [0.2, 0.25) is 0 Å². The van der Waals surface area contributed by atoms with Gasteiger partial charge in [-0.1, -0.05) is 127 Å². The van der Waals surface area contributed by atoms with Crippen molar-refractivity contribution in [3.05, 3.63) is 140 Å². The zero-order chi connectivity index (χ0) is 25.5. The maximum Gasteiger partial charge on any atom is 0.0626 e. The molecular formula is C38H23N. The largest absolute Gasteiger partial charge is 0.308 e. The molecule has 0 amide bonds. The molecule has 0 unspecified atom stereocenters. The maximum atomic E-state index is 2.52. The van der Waals surface area contributed by atoms with Gasteiger partial charge in [0.1, 0.15) is 0 Å². The standard InChI is InChI=1S/C38H23N/c1-2-10-24(11-3-1)26-22-23-35(28-15-5-4-14-27(26)28)39-34-19-7-6-16-29(34)32-21-20-31-30-17-8-12-25-13-9-18-33(36(25)30)37(31)38(32)39/h1-23H. The maximum absolute atomic E-state index is 2.52. The smallest absolute Gasteiger partial charge is 0.0626 e. The molecule has 1 heterocycles. The van der Waals surface area contributed by atoms with E-state index in [0.29, 0.717) is 0 Å². The van der Waals surface area contributed by atoms with Crippen molar-refractivity contribution in [1.82, 2.24) is 4.57 Å². The summed E-state index contributed by atoms with van der Waals surface area (Å²) in [6.07, 6.45) is 0. The molecule has 1 aliphatic rings. The Kier molecular flexibility index (Phi) is 4.11. The molecule has 0 radical (unpaired) electrons. The molecule has 0 bridgehead atoms. The van der Waals surface area contributed by atoms with Crippen LogP contribution in [0.25, 0.3) is 82.4 Å². The van der Waals surface area contributed by atoms with Crippen LogP contribution >= 0.6 is 0 Å². The Balaban J connectivity index is 1.46. The zero-order valence-corrected chi connectivity index (χ0v) is 21.2. The molecule has 0 saturated heterocycles. The zero-order valence-electron chi connectivity index (χ0n) is 21.2. The Morgan fingerprint density at radius 3 is 1.92 bits per heavy atom. The Morgan fingerprint density at radius 2 is 1.08 bits per heavy atom. The third-order valence-electron chi connectivity index (χ3n) is 8.53. The van der Waals surface area contributed by atoms with Crippen LogP contribution < -0.4 is 0 Å². The van der Waals surface area contributed by atoms with Gasteiger partial charge >= 0.3 is 0 Å². The van der Waals surface area contributed by atoms with E-state index in [1.54, 1.807) is 0 Å². The van der Waals surface area contributed by atoms with Crippen LogP contribution in [0.4, 0.5) is 0 Å². The summed E-state index contributed by atoms with van der Waals surface area (Å²) in [6.45, 7) is 0. The lowest BCUT2D eigenvalue weighted by molar-refractivity contribution is 1.20. The SMILES string of the molecule is c1ccc(-c2ccc(-n3c4ccccc4c4ccc5c(c43)-c3cccc4cccc-5c34)c3ccccc23)cc1. The minimum Gasteiger partial charge on any atom is -0.308 e. The minimum absolute atomic E-state index is 1.22. The highest BCUT2D eigenvalue weighted by Gasteiger charge is 2.27. The van der Waals surface area contributed by atoms with E-state index in [0.717, 1.165) is 0 Å². The third-order valence-corrected chi connectivity index (χ3v) is 8.53. The fourth-order valence-electron chi connectivity index (χ4n) is 6.93. The molecule has 1 aromatic heterocycles. The molecule has 0 spiro atoms. The highest BCUT2D eigenvalue weighted by atomic mass is 15.0. The monoisotopic (exact) mass is 493 g/mol. The molecule has 0 aliphatic heterocycles. The van der Waals surface area contributed by atoms with Gasteiger partial charge in [0.05, 0.1) is 16.7 Å². The van der Waals surface area contributed by atoms with E-state index in [9.17, 15) is 0 Å². The third kappa shape index (κ3) is 2.74. The predicted octanol–water partition coefficient (Wildman–Crippen LogP) is 10.4. The number of hydrogen-bond donors (Lipinski definition) is 0. The number of aromatic nitrogens is 1. The molecule has 180 valence electrons. The Hall–Kier alpha value is -5.14. The van der Waals surface area contributed by atoms with E-state index < -0.39 is 0 Å². The van der Waals surface area contributed by atoms with Crippen molar-refractivity contribution >= 4 is 43.4 Å². The van der Waals surface area contributed by atoms with Crippen molar-refractivity contribution < 1.29 is 0 Å². The van der Waals surface area contributed by atoms with Gasteiger partial charge in [-0.15, -0.1) is 0 Å². The van der Waals surface area contributed by atoms with Crippen LogP contribution in [0.1, 0.15) is 0 Å². The van der Waals surface area contributed by atoms with E-state index in [4.69, 9.17) is 0 Å². The quantitative estimate of drug-likeness (QED) is 0.226. The minimum atomic E-state index is 1.22. The van der Waals surface area contributed by atoms with Crippen LogP contribution in [0.15, 0.2) is 140 Å². The van der Waals surface area contributed by atoms with Gasteiger partial charge in [-0.05, 0) is 56.1 Å². The molecule has 7 aromatic carbocycles. The topological polar surface area (TPSA) is 4.93 Å². The molecular weight excluding hydrogens is 470 g/mol. The number of hydrogen-bond acceptors (Lipinski definition) is 0. The highest BCUT2D eigenvalue weighted by molar-refractivity contribution is 6.25. The van der Waals surface area contributed by atoms with Crippen LogP contribution in [0, 0.1) is 0 Å². The van der Waals surface area contributed by atoms with Crippen LogP contribution in [0.2, 0.25) is 0 Å². The Bertz CT molecular complexity index is 2260. The van der Waals surface area contributed by atoms with E-state index >= 15 is 0 Å². The van der Waals surface area contributed by atoms with Crippen molar-refractivity contribution in [3.63, 3.8) is 0 Å². The molecule has 1 nitrogen and oxygen atoms in total. The van der Waals surface area contributed by atoms with Gasteiger partial charge in [-0.2, -0.15) is 0 Å². The second-order valence-electron chi connectivity index (χ2n) is 10.5. The number of fused-ring (bicyclic) bond motifs is 8. The average molecular weight is 494 g/mol. The fraction of sp³-hybridized carbons (Fsp3) is 0. The molecule has 8 aromatic rings. The Morgan fingerprint density at radius 1 is 0.385 bits per heavy atom. The molecule has 0 atom stereocenters. The molecule has 0 saturated carbocycles. The highest BCUT2D eigenvalue weighted by Crippen LogP contribution is 2.52. The first kappa shape index (κ1) is 20.9. The summed E-state index contributed by atoms with van der Waals surface area (Å²) in [5, 5.41) is 7.77. The first-order valence-electron chi connectivity index (χ1n) is 13.5. The van der Waals surface area contributed by atoms with Crippen LogP contribution in [0.3, 0.4) is 0 Å². The first-order chi connectivity index (χ1) is 19.4. The van der Waals surface area contributed by atoms with Crippen molar-refractivity contribution in [2.45, 2.75) is 0 Å². The summed E-state index contributed by atoms with van der Waals surface area (Å²) in [6, 6.07) is 51.1. The molecule has 1 heteroatoms. The molecule has 9 rings (SSSR count). The van der Waals surface area contributed by atoms with Crippen LogP contribution in [-0.4, -0.2) is 4.57 Å². The van der Waals surface area contributed by atoms with Crippen LogP contribution in [-0.2, 0) is 0 Å². The second kappa shape index (κ2) is 7.69. The van der Waals surface area contributed by atoms with Gasteiger partial charge in [0.15, 0.2) is 0 Å². The summed E-state index contributed by atoms with van der Waals surface area (Å²) in [5.74, 6) is 0. The number of para-hydroxylation sites is 1. The normalized spacial score (nSPS) is 12.1. The average Bonchev–Trinajstić information content (AvgIpc) is 3.51. The lowest BCUT2D eigenvalue weighted by Gasteiger charge is -2.16. The first-order valence-corrected chi connectivity index (χ1v) is 13.5. The molecule has 1 aliphatic carbocycles. The molecule has 39 heavy (non-hydrogen) atoms. The fourth-order valence-corrected chi connectivity index (χ4v) is 6.93. The van der Waals surface area contributed by atoms with E-state index in [1.807, 2.05) is 0 Å². The predicted molar refractivity (Wildman–Crippen MR) is 166 cm³/mol. The van der Waals surface area contributed by atoms with Crippen LogP contribution in [0.5, 0.6) is 0 Å². The second-order valence-corrected chi connectivity index (χ2v) is 10.5. The number of rotatable bonds is 2. The van der Waals surface area contributed by atoms with E-state index in [-0.39, 0.29) is 0 Å². The summed E-state index contributed by atoms with van der Waals surface area (Å²) in [4.78, 5) is 0. The lowest BCUT2D eigenvalue weighted by Crippen LogP contribution is -1.97. The van der Waals surface area contributed by atoms with E-state index in [1.165, 1.54) is 82.4 Å². The van der Waals surface area contributed by atoms with Gasteiger partial charge in [-0.3, -0.25) is 0 Å². The van der Waals surface area contributed by atoms with Gasteiger partial charge < -0.3 is 4.57 Å². The van der Waals surface area contributed by atoms with Gasteiger partial charge in [0, 0.05) is 21.7 Å². The summed E-state index contributed by atoms with van der Waals surface area (Å²) in [7, 11) is 0. The lowest BCUT2D eigenvalue weighted by atomic mass is 9.96. The van der Waals surface area contributed by atoms with Crippen molar-refractivity contribution in [2.75, 3.05) is 0 Å². The summed E-state index contributed by atoms with van der Waals surface area (Å²) >= 11 is 0. The summed E-state index contributed by atoms with van der Waals surface area (Å²) in [5.41, 5.74) is 11.6. The van der Waals surface area contributed by atoms with E-state index in [2.05, 4.69) is 144 Å². The summed E-state index contributed by atoms with van der Waals surface area (Å²) < 4.78 is 2.52. The number of benzene rings is 7. The molecule has 0 fully saturated rings. The number of nitrogens with zero attached hydrogens (tertiary/aromatic N) is 1. The van der Waals surface area contributed by atoms with Gasteiger partial charge in [-0.25, -0.2) is 0 Å².